The molecule has 2 saturated carbocycles. The predicted molar refractivity (Wildman–Crippen MR) is 143 cm³/mol. The maximum atomic E-state index is 13.4. The lowest BCUT2D eigenvalue weighted by Gasteiger charge is -2.55. The number of allylic oxidation sites excluding steroid dienone is 1. The number of hydrogen-bond acceptors (Lipinski definition) is 7. The fourth-order valence-corrected chi connectivity index (χ4v) is 6.22. The van der Waals surface area contributed by atoms with Crippen molar-refractivity contribution in [2.45, 2.75) is 32.1 Å². The van der Waals surface area contributed by atoms with E-state index in [4.69, 9.17) is 9.41 Å². The third-order valence-electron chi connectivity index (χ3n) is 8.72. The number of aliphatic imine (C=N–C) groups is 1. The van der Waals surface area contributed by atoms with Crippen LogP contribution in [0.4, 0.5) is 11.7 Å². The van der Waals surface area contributed by atoms with E-state index in [2.05, 4.69) is 38.3 Å². The summed E-state index contributed by atoms with van der Waals surface area (Å²) < 4.78 is 6.08. The minimum Gasteiger partial charge on any atom is -0.423 e. The van der Waals surface area contributed by atoms with Crippen LogP contribution in [-0.2, 0) is 0 Å². The average Bonchev–Trinajstić information content (AvgIpc) is 3.64. The molecule has 188 valence electrons. The van der Waals surface area contributed by atoms with Crippen LogP contribution in [0.3, 0.4) is 0 Å². The summed E-state index contributed by atoms with van der Waals surface area (Å²) in [7, 11) is 0. The summed E-state index contributed by atoms with van der Waals surface area (Å²) in [6.45, 7) is 4.88. The van der Waals surface area contributed by atoms with Gasteiger partial charge in [0.2, 0.25) is 5.96 Å². The van der Waals surface area contributed by atoms with Gasteiger partial charge in [-0.2, -0.15) is 4.98 Å². The number of hydrogen-bond donors (Lipinski definition) is 1. The quantitative estimate of drug-likeness (QED) is 0.570. The lowest BCUT2D eigenvalue weighted by Crippen LogP contribution is -2.60. The zero-order valence-corrected chi connectivity index (χ0v) is 20.9. The fourth-order valence-electron chi connectivity index (χ4n) is 6.22. The van der Waals surface area contributed by atoms with E-state index in [1.165, 1.54) is 36.1 Å². The minimum atomic E-state index is 0.0431. The summed E-state index contributed by atoms with van der Waals surface area (Å²) in [5.41, 5.74) is 7.58. The number of oxazole rings is 1. The first-order chi connectivity index (χ1) is 18.1. The van der Waals surface area contributed by atoms with Crippen LogP contribution in [0.1, 0.15) is 48.0 Å². The summed E-state index contributed by atoms with van der Waals surface area (Å²) in [6, 6.07) is 14.7. The highest BCUT2D eigenvalue weighted by Crippen LogP contribution is 2.49. The van der Waals surface area contributed by atoms with Crippen LogP contribution in [0, 0.1) is 5.41 Å². The highest BCUT2D eigenvalue weighted by Gasteiger charge is 2.48. The molecule has 37 heavy (non-hydrogen) atoms. The number of guanidine groups is 1. The van der Waals surface area contributed by atoms with Crippen molar-refractivity contribution in [3.63, 3.8) is 0 Å². The van der Waals surface area contributed by atoms with E-state index in [9.17, 15) is 4.79 Å². The molecule has 5 aliphatic rings. The molecule has 2 saturated heterocycles. The summed E-state index contributed by atoms with van der Waals surface area (Å²) >= 11 is 0. The van der Waals surface area contributed by atoms with E-state index >= 15 is 0 Å². The molecular weight excluding hydrogens is 464 g/mol. The van der Waals surface area contributed by atoms with Crippen molar-refractivity contribution in [1.29, 1.82) is 0 Å². The molecule has 4 fully saturated rings. The van der Waals surface area contributed by atoms with Gasteiger partial charge in [-0.25, -0.2) is 4.99 Å². The van der Waals surface area contributed by atoms with Gasteiger partial charge in [-0.1, -0.05) is 24.6 Å². The third kappa shape index (κ3) is 3.53. The molecule has 1 amide bonds. The van der Waals surface area contributed by atoms with Crippen LogP contribution in [0.5, 0.6) is 0 Å². The zero-order chi connectivity index (χ0) is 24.6. The molecule has 1 N–H and O–H groups in total. The number of carbonyl (C=O) groups excluding carboxylic acids is 1. The minimum absolute atomic E-state index is 0.0431. The number of piperazine rings is 1. The Bertz CT molecular complexity index is 1480. The van der Waals surface area contributed by atoms with E-state index < -0.39 is 0 Å². The predicted octanol–water partition coefficient (Wildman–Crippen LogP) is 4.37. The Labute approximate surface area is 215 Å². The van der Waals surface area contributed by atoms with Gasteiger partial charge in [-0.3, -0.25) is 4.79 Å². The first-order valence-electron chi connectivity index (χ1n) is 13.5. The van der Waals surface area contributed by atoms with Crippen molar-refractivity contribution < 1.29 is 9.21 Å². The second kappa shape index (κ2) is 7.84. The second-order valence-electron chi connectivity index (χ2n) is 11.2. The van der Waals surface area contributed by atoms with E-state index in [1.807, 2.05) is 29.2 Å². The van der Waals surface area contributed by atoms with Crippen LogP contribution in [0.25, 0.3) is 16.8 Å². The molecule has 8 rings (SSSR count). The molecule has 4 heterocycles. The van der Waals surface area contributed by atoms with Gasteiger partial charge >= 0.3 is 0 Å². The highest BCUT2D eigenvalue weighted by atomic mass is 16.4. The number of fused-ring (bicyclic) bond motifs is 2. The molecule has 3 aliphatic heterocycles. The van der Waals surface area contributed by atoms with Gasteiger partial charge in [0.1, 0.15) is 5.52 Å². The monoisotopic (exact) mass is 494 g/mol. The van der Waals surface area contributed by atoms with Crippen LogP contribution < -0.4 is 10.2 Å². The van der Waals surface area contributed by atoms with Gasteiger partial charge in [-0.15, -0.1) is 0 Å². The van der Waals surface area contributed by atoms with Crippen LogP contribution in [-0.4, -0.2) is 65.9 Å². The number of nitrogens with one attached hydrogen (secondary N) is 1. The Balaban J connectivity index is 0.954. The summed E-state index contributed by atoms with van der Waals surface area (Å²) in [5, 5.41) is 3.60. The van der Waals surface area contributed by atoms with Crippen molar-refractivity contribution in [1.82, 2.24) is 20.1 Å². The van der Waals surface area contributed by atoms with Gasteiger partial charge in [0, 0.05) is 61.5 Å². The Kier molecular flexibility index (Phi) is 4.51. The van der Waals surface area contributed by atoms with Crippen LogP contribution in [0.2, 0.25) is 0 Å². The largest absolute Gasteiger partial charge is 0.423 e. The molecule has 0 unspecified atom stereocenters. The van der Waals surface area contributed by atoms with Gasteiger partial charge < -0.3 is 24.4 Å². The topological polar surface area (TPSA) is 77.2 Å². The lowest BCUT2D eigenvalue weighted by atomic mass is 9.64. The fraction of sp³-hybridized carbons (Fsp3) is 0.414. The molecule has 0 bridgehead atoms. The molecule has 8 heteroatoms. The van der Waals surface area contributed by atoms with Crippen molar-refractivity contribution in [2.75, 3.05) is 44.2 Å². The number of amides is 1. The SMILES string of the molecule is O=C(c1ccc2nc(N3CC4(CCC4)C3)oc2c1)N1CCN(C2=Nc3ccccc3C(=C3CC3)N2)CC1. The van der Waals surface area contributed by atoms with Gasteiger partial charge in [0.05, 0.1) is 5.69 Å². The Morgan fingerprint density at radius 1 is 0.973 bits per heavy atom. The summed E-state index contributed by atoms with van der Waals surface area (Å²) in [5.74, 6) is 0.937. The first kappa shape index (κ1) is 21.3. The Hall–Kier alpha value is -3.81. The molecule has 1 aromatic heterocycles. The highest BCUT2D eigenvalue weighted by molar-refractivity contribution is 5.99. The zero-order valence-electron chi connectivity index (χ0n) is 20.9. The number of anilines is 1. The van der Waals surface area contributed by atoms with Gasteiger partial charge in [-0.05, 0) is 55.5 Å². The molecule has 0 atom stereocenters. The number of aromatic nitrogens is 1. The van der Waals surface area contributed by atoms with Crippen LogP contribution >= 0.6 is 0 Å². The van der Waals surface area contributed by atoms with Crippen molar-refractivity contribution in [2.24, 2.45) is 10.4 Å². The van der Waals surface area contributed by atoms with Crippen molar-refractivity contribution in [3.8, 4) is 0 Å². The molecule has 3 aromatic rings. The van der Waals surface area contributed by atoms with E-state index in [1.54, 1.807) is 0 Å². The lowest BCUT2D eigenvalue weighted by molar-refractivity contribution is 0.0690. The summed E-state index contributed by atoms with van der Waals surface area (Å²) in [6.07, 6.45) is 6.30. The number of para-hydroxylation sites is 1. The number of carbonyl (C=O) groups is 1. The van der Waals surface area contributed by atoms with Gasteiger partial charge in [0.25, 0.3) is 11.9 Å². The molecule has 8 nitrogen and oxygen atoms in total. The average molecular weight is 495 g/mol. The van der Waals surface area contributed by atoms with E-state index in [0.717, 1.165) is 56.2 Å². The second-order valence-corrected chi connectivity index (χ2v) is 11.2. The first-order valence-corrected chi connectivity index (χ1v) is 13.5. The molecular formula is C29H30N6O2. The molecule has 0 radical (unpaired) electrons. The van der Waals surface area contributed by atoms with Gasteiger partial charge in [0.15, 0.2) is 5.58 Å². The van der Waals surface area contributed by atoms with E-state index in [-0.39, 0.29) is 5.91 Å². The number of rotatable bonds is 2. The third-order valence-corrected chi connectivity index (χ3v) is 8.72. The Morgan fingerprint density at radius 3 is 2.54 bits per heavy atom. The number of nitrogens with zero attached hydrogens (tertiary/aromatic N) is 5. The number of benzene rings is 2. The smallest absolute Gasteiger partial charge is 0.298 e. The van der Waals surface area contributed by atoms with Crippen molar-refractivity contribution >= 4 is 40.4 Å². The standard InChI is InChI=1S/C29H30N6O2/c36-26(20-8-9-23-24(16-20)37-28(31-23)35-17-29(18-35)10-3-11-29)33-12-14-34(15-13-33)27-30-22-5-2-1-4-21(22)25(32-27)19-6-7-19/h1-2,4-5,8-9,16H,3,6-7,10-15,17-18H2,(H,30,32). The molecule has 2 aliphatic carbocycles. The maximum absolute atomic E-state index is 13.4. The molecule has 1 spiro atoms. The van der Waals surface area contributed by atoms with E-state index in [0.29, 0.717) is 35.7 Å². The Morgan fingerprint density at radius 2 is 1.78 bits per heavy atom. The normalized spacial score (nSPS) is 21.8. The summed E-state index contributed by atoms with van der Waals surface area (Å²) in [4.78, 5) is 29.4. The van der Waals surface area contributed by atoms with Crippen molar-refractivity contribution in [3.05, 3.63) is 59.2 Å². The maximum Gasteiger partial charge on any atom is 0.298 e. The van der Waals surface area contributed by atoms with Crippen LogP contribution in [0.15, 0.2) is 57.4 Å². The molecule has 2 aromatic carbocycles.